The quantitative estimate of drug-likeness (QED) is 0.170. The van der Waals surface area contributed by atoms with Gasteiger partial charge in [-0.15, -0.1) is 9.37 Å². The van der Waals surface area contributed by atoms with Gasteiger partial charge >= 0.3 is 11.6 Å². The van der Waals surface area contributed by atoms with Gasteiger partial charge in [-0.2, -0.15) is 5.43 Å². The third-order valence-electron chi connectivity index (χ3n) is 3.04. The first-order chi connectivity index (χ1) is 12.3. The van der Waals surface area contributed by atoms with E-state index in [4.69, 9.17) is 28.0 Å². The molecule has 0 amide bonds. The van der Waals surface area contributed by atoms with Crippen molar-refractivity contribution in [1.82, 2.24) is 15.4 Å². The SMILES string of the molecule is C=[N+](N=C(N)N[N+](=C)c1cccc(C(=N)N)n1)c1cccc(C(=N)N)n1. The number of nitrogens with zero attached hydrogens (tertiary/aromatic N) is 5. The topological polar surface area (TPSA) is 182 Å². The highest BCUT2D eigenvalue weighted by atomic mass is 15.5. The molecule has 26 heavy (non-hydrogen) atoms. The Kier molecular flexibility index (Phi) is 5.33. The van der Waals surface area contributed by atoms with Gasteiger partial charge < -0.3 is 17.2 Å². The van der Waals surface area contributed by atoms with Gasteiger partial charge in [0.15, 0.2) is 11.7 Å². The molecule has 0 fully saturated rings. The molecule has 2 aromatic rings. The van der Waals surface area contributed by atoms with Gasteiger partial charge in [-0.3, -0.25) is 10.8 Å². The van der Waals surface area contributed by atoms with Gasteiger partial charge in [-0.05, 0) is 39.3 Å². The lowest BCUT2D eigenvalue weighted by Gasteiger charge is -2.04. The van der Waals surface area contributed by atoms with Crippen molar-refractivity contribution >= 4 is 42.7 Å². The lowest BCUT2D eigenvalue weighted by Crippen LogP contribution is -2.38. The van der Waals surface area contributed by atoms with Crippen LogP contribution in [0.1, 0.15) is 11.4 Å². The Bertz CT molecular complexity index is 929. The molecule has 0 spiro atoms. The molecule has 0 saturated carbocycles. The fourth-order valence-electron chi connectivity index (χ4n) is 1.84. The Balaban J connectivity index is 2.14. The summed E-state index contributed by atoms with van der Waals surface area (Å²) in [6, 6.07) is 9.83. The maximum absolute atomic E-state index is 7.41. The highest BCUT2D eigenvalue weighted by molar-refractivity contribution is 5.93. The number of nitrogens with two attached hydrogens (primary N) is 3. The van der Waals surface area contributed by atoms with Gasteiger partial charge in [0.2, 0.25) is 11.4 Å². The van der Waals surface area contributed by atoms with Crippen LogP contribution in [0, 0.1) is 10.8 Å². The third kappa shape index (κ3) is 4.44. The van der Waals surface area contributed by atoms with E-state index in [0.717, 1.165) is 0 Å². The van der Waals surface area contributed by atoms with Gasteiger partial charge in [0.25, 0.3) is 5.96 Å². The summed E-state index contributed by atoms with van der Waals surface area (Å²) in [5.41, 5.74) is 20.0. The number of hydrazine groups is 1. The summed E-state index contributed by atoms with van der Waals surface area (Å²) in [6.45, 7) is 7.47. The van der Waals surface area contributed by atoms with Crippen LogP contribution in [0.5, 0.6) is 0 Å². The molecule has 0 atom stereocenters. The first-order valence-electron chi connectivity index (χ1n) is 7.23. The van der Waals surface area contributed by atoms with E-state index in [9.17, 15) is 0 Å². The number of hydrazone groups is 2. The van der Waals surface area contributed by atoms with E-state index >= 15 is 0 Å². The molecule has 0 aliphatic rings. The first kappa shape index (κ1) is 18.2. The Hall–Kier alpha value is -4.15. The molecule has 0 unspecified atom stereocenters. The number of nitrogen functional groups attached to an aromatic ring is 2. The molecule has 132 valence electrons. The van der Waals surface area contributed by atoms with Crippen LogP contribution in [0.2, 0.25) is 0 Å². The smallest absolute Gasteiger partial charge is 0.348 e. The van der Waals surface area contributed by atoms with Crippen LogP contribution in [0.4, 0.5) is 11.6 Å². The molecule has 11 heteroatoms. The van der Waals surface area contributed by atoms with E-state index < -0.39 is 0 Å². The lowest BCUT2D eigenvalue weighted by atomic mass is 10.3. The third-order valence-corrected chi connectivity index (χ3v) is 3.04. The van der Waals surface area contributed by atoms with Crippen LogP contribution in [-0.2, 0) is 0 Å². The summed E-state index contributed by atoms with van der Waals surface area (Å²) in [5.74, 6) is 0.343. The summed E-state index contributed by atoms with van der Waals surface area (Å²) in [6.07, 6.45) is 0. The van der Waals surface area contributed by atoms with Gasteiger partial charge in [0.05, 0.1) is 13.4 Å². The zero-order valence-corrected chi connectivity index (χ0v) is 13.8. The number of hydrogen-bond acceptors (Lipinski definition) is 5. The molecule has 0 saturated heterocycles. The van der Waals surface area contributed by atoms with Crippen molar-refractivity contribution in [3.05, 3.63) is 47.8 Å². The molecule has 0 radical (unpaired) electrons. The summed E-state index contributed by atoms with van der Waals surface area (Å²) < 4.78 is 2.43. The highest BCUT2D eigenvalue weighted by Crippen LogP contribution is 2.08. The number of aromatic nitrogens is 2. The monoisotopic (exact) mass is 353 g/mol. The van der Waals surface area contributed by atoms with E-state index in [0.29, 0.717) is 23.0 Å². The van der Waals surface area contributed by atoms with Gasteiger partial charge in [-0.1, -0.05) is 0 Å². The van der Waals surface area contributed by atoms with Crippen LogP contribution in [0.3, 0.4) is 0 Å². The average Bonchev–Trinajstić information content (AvgIpc) is 2.61. The Morgan fingerprint density at radius 3 is 1.96 bits per heavy atom. The number of rotatable bonds is 6. The lowest BCUT2D eigenvalue weighted by molar-refractivity contribution is -0.487. The zero-order valence-electron chi connectivity index (χ0n) is 13.8. The van der Waals surface area contributed by atoms with E-state index in [-0.39, 0.29) is 17.6 Å². The molecule has 9 N–H and O–H groups in total. The molecule has 0 aliphatic carbocycles. The van der Waals surface area contributed by atoms with E-state index in [1.54, 1.807) is 36.4 Å². The van der Waals surface area contributed by atoms with Gasteiger partial charge in [0, 0.05) is 12.1 Å². The second-order valence-corrected chi connectivity index (χ2v) is 5.01. The molecule has 2 aromatic heterocycles. The van der Waals surface area contributed by atoms with Gasteiger partial charge in [0.1, 0.15) is 0 Å². The summed E-state index contributed by atoms with van der Waals surface area (Å²) in [4.78, 5) is 8.29. The molecule has 0 aliphatic heterocycles. The first-order valence-corrected chi connectivity index (χ1v) is 7.23. The molecule has 0 aromatic carbocycles. The van der Waals surface area contributed by atoms with Crippen molar-refractivity contribution in [3.63, 3.8) is 0 Å². The minimum atomic E-state index is -0.171. The van der Waals surface area contributed by atoms with Gasteiger partial charge in [-0.25, -0.2) is 0 Å². The predicted octanol–water partition coefficient (Wildman–Crippen LogP) is -0.832. The van der Waals surface area contributed by atoms with Crippen molar-refractivity contribution in [2.45, 2.75) is 0 Å². The van der Waals surface area contributed by atoms with E-state index in [2.05, 4.69) is 33.9 Å². The van der Waals surface area contributed by atoms with Crippen molar-refractivity contribution in [2.24, 2.45) is 22.3 Å². The number of guanidine groups is 1. The van der Waals surface area contributed by atoms with Crippen LogP contribution in [-0.4, -0.2) is 50.4 Å². The minimum Gasteiger partial charge on any atom is -0.380 e. The summed E-state index contributed by atoms with van der Waals surface area (Å²) in [7, 11) is 0. The van der Waals surface area contributed by atoms with E-state index in [1.807, 2.05) is 0 Å². The fraction of sp³-hybridized carbons (Fsp3) is 0. The van der Waals surface area contributed by atoms with Crippen molar-refractivity contribution in [3.8, 4) is 0 Å². The number of nitrogens with one attached hydrogen (secondary N) is 3. The van der Waals surface area contributed by atoms with E-state index in [1.165, 1.54) is 9.37 Å². The maximum atomic E-state index is 7.41. The number of pyridine rings is 2. The summed E-state index contributed by atoms with van der Waals surface area (Å²) in [5, 5.41) is 18.8. The molecule has 2 rings (SSSR count). The van der Waals surface area contributed by atoms with Crippen molar-refractivity contribution in [1.29, 1.82) is 10.8 Å². The Labute approximate surface area is 149 Å². The molecule has 2 heterocycles. The van der Waals surface area contributed by atoms with Crippen molar-refractivity contribution < 1.29 is 9.37 Å². The molecular weight excluding hydrogens is 334 g/mol. The second kappa shape index (κ2) is 7.61. The van der Waals surface area contributed by atoms with Crippen LogP contribution in [0.25, 0.3) is 0 Å². The average molecular weight is 353 g/mol. The van der Waals surface area contributed by atoms with Crippen LogP contribution < -0.4 is 22.6 Å². The highest BCUT2D eigenvalue weighted by Gasteiger charge is 2.15. The predicted molar refractivity (Wildman–Crippen MR) is 99.3 cm³/mol. The Morgan fingerprint density at radius 2 is 1.42 bits per heavy atom. The minimum absolute atomic E-state index is 0.0416. The standard InChI is InChI=1S/C15H19N11/c1-25(11-7-3-5-9(21-11)13(16)17)23-15(20)24-26(2)12-8-4-6-10(22-12)14(18)19/h3-8H,1-2H2,(H3,16,17)(H3,18,19)(H3,20,23,24)/q+2. The van der Waals surface area contributed by atoms with Crippen LogP contribution >= 0.6 is 0 Å². The zero-order chi connectivity index (χ0) is 19.3. The fourth-order valence-corrected chi connectivity index (χ4v) is 1.84. The van der Waals surface area contributed by atoms with Crippen LogP contribution in [0.15, 0.2) is 41.5 Å². The molecule has 11 nitrogen and oxygen atoms in total. The second-order valence-electron chi connectivity index (χ2n) is 5.01. The maximum Gasteiger partial charge on any atom is 0.348 e. The summed E-state index contributed by atoms with van der Waals surface area (Å²) >= 11 is 0. The number of amidine groups is 2. The number of hydrogen-bond donors (Lipinski definition) is 6. The van der Waals surface area contributed by atoms with Crippen molar-refractivity contribution in [2.75, 3.05) is 0 Å². The molecular formula is C15H19N11+2. The largest absolute Gasteiger partial charge is 0.380 e. The normalized spacial score (nSPS) is 10.8. The Morgan fingerprint density at radius 1 is 0.923 bits per heavy atom. The molecule has 0 bridgehead atoms.